The molecule has 5 heteroatoms. The largest absolute Gasteiger partial charge is 0.331 e. The number of rotatable bonds is 2. The van der Waals surface area contributed by atoms with Gasteiger partial charge >= 0.3 is 0 Å². The highest BCUT2D eigenvalue weighted by Gasteiger charge is 2.45. The Labute approximate surface area is 149 Å². The second kappa shape index (κ2) is 6.64. The fourth-order valence-corrected chi connectivity index (χ4v) is 4.59. The van der Waals surface area contributed by atoms with Gasteiger partial charge < -0.3 is 9.47 Å². The summed E-state index contributed by atoms with van der Waals surface area (Å²) in [6.07, 6.45) is 7.97. The van der Waals surface area contributed by atoms with E-state index >= 15 is 0 Å². The van der Waals surface area contributed by atoms with E-state index in [2.05, 4.69) is 52.2 Å². The second-order valence-corrected chi connectivity index (χ2v) is 7.32. The number of imidazole rings is 1. The predicted molar refractivity (Wildman–Crippen MR) is 97.2 cm³/mol. The van der Waals surface area contributed by atoms with Crippen LogP contribution in [-0.2, 0) is 7.05 Å². The standard InChI is InChI=1S/C20H26N4O/c1-22-13-11-21-19(22)20(25)24-12-7-6-10-16-18(24)14-17(23(16)2)15-8-4-3-5-9-15/h3-5,8-9,11,13,16-18H,6-7,10,12,14H2,1-2H3/t16-,17-,18+/m0/s1. The van der Waals surface area contributed by atoms with Crippen molar-refractivity contribution in [3.05, 3.63) is 54.1 Å². The summed E-state index contributed by atoms with van der Waals surface area (Å²) < 4.78 is 1.83. The van der Waals surface area contributed by atoms with Gasteiger partial charge in [-0.3, -0.25) is 9.69 Å². The molecule has 1 amide bonds. The molecule has 1 aromatic carbocycles. The van der Waals surface area contributed by atoms with Gasteiger partial charge in [0.2, 0.25) is 0 Å². The molecule has 3 atom stereocenters. The Morgan fingerprint density at radius 2 is 1.92 bits per heavy atom. The summed E-state index contributed by atoms with van der Waals surface area (Å²) >= 11 is 0. The van der Waals surface area contributed by atoms with Crippen LogP contribution in [0.15, 0.2) is 42.7 Å². The van der Waals surface area contributed by atoms with Crippen LogP contribution in [0.5, 0.6) is 0 Å². The molecule has 0 spiro atoms. The van der Waals surface area contributed by atoms with Crippen molar-refractivity contribution in [2.45, 2.75) is 43.8 Å². The van der Waals surface area contributed by atoms with Gasteiger partial charge in [0.25, 0.3) is 5.91 Å². The van der Waals surface area contributed by atoms with Crippen LogP contribution in [-0.4, -0.2) is 50.9 Å². The Morgan fingerprint density at radius 3 is 2.64 bits per heavy atom. The number of carbonyl (C=O) groups excluding carboxylic acids is 1. The zero-order chi connectivity index (χ0) is 17.4. The third-order valence-corrected chi connectivity index (χ3v) is 5.93. The van der Waals surface area contributed by atoms with Crippen molar-refractivity contribution >= 4 is 5.91 Å². The summed E-state index contributed by atoms with van der Waals surface area (Å²) in [7, 11) is 4.11. The summed E-state index contributed by atoms with van der Waals surface area (Å²) in [4.78, 5) is 22.0. The van der Waals surface area contributed by atoms with Crippen molar-refractivity contribution in [3.8, 4) is 0 Å². The third kappa shape index (κ3) is 2.86. The molecule has 0 bridgehead atoms. The topological polar surface area (TPSA) is 41.4 Å². The summed E-state index contributed by atoms with van der Waals surface area (Å²) in [5, 5.41) is 0. The van der Waals surface area contributed by atoms with E-state index in [0.717, 1.165) is 25.8 Å². The van der Waals surface area contributed by atoms with E-state index in [1.807, 2.05) is 17.8 Å². The number of carbonyl (C=O) groups is 1. The molecule has 2 aliphatic heterocycles. The predicted octanol–water partition coefficient (Wildman–Crippen LogP) is 2.86. The zero-order valence-electron chi connectivity index (χ0n) is 15.0. The van der Waals surface area contributed by atoms with E-state index in [1.165, 1.54) is 12.0 Å². The lowest BCUT2D eigenvalue weighted by molar-refractivity contribution is 0.0642. The highest BCUT2D eigenvalue weighted by molar-refractivity contribution is 5.91. The van der Waals surface area contributed by atoms with E-state index in [0.29, 0.717) is 17.9 Å². The molecule has 5 nitrogen and oxygen atoms in total. The monoisotopic (exact) mass is 338 g/mol. The van der Waals surface area contributed by atoms with E-state index in [1.54, 1.807) is 6.20 Å². The molecule has 2 fully saturated rings. The molecule has 132 valence electrons. The first-order chi connectivity index (χ1) is 12.2. The molecule has 0 aliphatic carbocycles. The number of likely N-dealkylation sites (tertiary alicyclic amines) is 2. The van der Waals surface area contributed by atoms with Crippen LogP contribution in [0.25, 0.3) is 0 Å². The van der Waals surface area contributed by atoms with Gasteiger partial charge in [0.05, 0.1) is 0 Å². The van der Waals surface area contributed by atoms with E-state index < -0.39 is 0 Å². The lowest BCUT2D eigenvalue weighted by Crippen LogP contribution is -2.46. The summed E-state index contributed by atoms with van der Waals surface area (Å²) in [6, 6.07) is 11.8. The molecule has 2 saturated heterocycles. The van der Waals surface area contributed by atoms with E-state index in [-0.39, 0.29) is 11.9 Å². The quantitative estimate of drug-likeness (QED) is 0.845. The molecule has 0 unspecified atom stereocenters. The van der Waals surface area contributed by atoms with Crippen LogP contribution < -0.4 is 0 Å². The minimum atomic E-state index is 0.0755. The third-order valence-electron chi connectivity index (χ3n) is 5.93. The van der Waals surface area contributed by atoms with Gasteiger partial charge in [-0.2, -0.15) is 0 Å². The molecule has 1 aromatic heterocycles. The summed E-state index contributed by atoms with van der Waals surface area (Å²) in [5.41, 5.74) is 1.35. The molecule has 3 heterocycles. The molecule has 2 aliphatic rings. The fraction of sp³-hybridized carbons (Fsp3) is 0.500. The molecule has 25 heavy (non-hydrogen) atoms. The van der Waals surface area contributed by atoms with Gasteiger partial charge in [-0.25, -0.2) is 4.98 Å². The maximum Gasteiger partial charge on any atom is 0.290 e. The Kier molecular flexibility index (Phi) is 4.34. The van der Waals surface area contributed by atoms with Crippen LogP contribution in [0.1, 0.15) is 47.9 Å². The number of benzene rings is 1. The van der Waals surface area contributed by atoms with Crippen LogP contribution in [0.3, 0.4) is 0 Å². The average Bonchev–Trinajstić information content (AvgIpc) is 3.12. The molecule has 0 radical (unpaired) electrons. The number of amides is 1. The zero-order valence-corrected chi connectivity index (χ0v) is 15.0. The van der Waals surface area contributed by atoms with Crippen molar-refractivity contribution in [2.24, 2.45) is 7.05 Å². The minimum Gasteiger partial charge on any atom is -0.331 e. The SMILES string of the molecule is CN1[C@H](c2ccccc2)C[C@@H]2[C@@H]1CCCCN2C(=O)c1nccn1C. The molecular formula is C20H26N4O. The van der Waals surface area contributed by atoms with Crippen molar-refractivity contribution in [1.29, 1.82) is 0 Å². The van der Waals surface area contributed by atoms with E-state index in [4.69, 9.17) is 0 Å². The number of hydrogen-bond acceptors (Lipinski definition) is 3. The molecule has 4 rings (SSSR count). The van der Waals surface area contributed by atoms with Gasteiger partial charge in [0, 0.05) is 44.1 Å². The van der Waals surface area contributed by atoms with Crippen molar-refractivity contribution in [2.75, 3.05) is 13.6 Å². The molecular weight excluding hydrogens is 312 g/mol. The van der Waals surface area contributed by atoms with Crippen molar-refractivity contribution < 1.29 is 4.79 Å². The van der Waals surface area contributed by atoms with Gasteiger partial charge in [-0.1, -0.05) is 36.8 Å². The highest BCUT2D eigenvalue weighted by Crippen LogP contribution is 2.40. The number of aryl methyl sites for hydroxylation is 1. The first-order valence-corrected chi connectivity index (χ1v) is 9.22. The van der Waals surface area contributed by atoms with Crippen molar-refractivity contribution in [3.63, 3.8) is 0 Å². The maximum atomic E-state index is 13.2. The number of likely N-dealkylation sites (N-methyl/N-ethyl adjacent to an activating group) is 1. The maximum absolute atomic E-state index is 13.2. The summed E-state index contributed by atoms with van der Waals surface area (Å²) in [6.45, 7) is 0.836. The summed E-state index contributed by atoms with van der Waals surface area (Å²) in [5.74, 6) is 0.623. The Morgan fingerprint density at radius 1 is 1.12 bits per heavy atom. The van der Waals surface area contributed by atoms with Crippen LogP contribution in [0.2, 0.25) is 0 Å². The smallest absolute Gasteiger partial charge is 0.290 e. The fourth-order valence-electron chi connectivity index (χ4n) is 4.59. The van der Waals surface area contributed by atoms with Gasteiger partial charge in [0.1, 0.15) is 0 Å². The van der Waals surface area contributed by atoms with Crippen LogP contribution in [0, 0.1) is 0 Å². The number of nitrogens with zero attached hydrogens (tertiary/aromatic N) is 4. The Balaban J connectivity index is 1.64. The lowest BCUT2D eigenvalue weighted by atomic mass is 10.0. The Bertz CT molecular complexity index is 741. The highest BCUT2D eigenvalue weighted by atomic mass is 16.2. The van der Waals surface area contributed by atoms with Crippen LogP contribution in [0.4, 0.5) is 0 Å². The number of fused-ring (bicyclic) bond motifs is 1. The molecule has 2 aromatic rings. The van der Waals surface area contributed by atoms with Gasteiger partial charge in [-0.05, 0) is 31.9 Å². The van der Waals surface area contributed by atoms with Crippen LogP contribution >= 0.6 is 0 Å². The number of aromatic nitrogens is 2. The van der Waals surface area contributed by atoms with Gasteiger partial charge in [-0.15, -0.1) is 0 Å². The first kappa shape index (κ1) is 16.3. The molecule has 0 N–H and O–H groups in total. The minimum absolute atomic E-state index is 0.0755. The van der Waals surface area contributed by atoms with E-state index in [9.17, 15) is 4.79 Å². The van der Waals surface area contributed by atoms with Crippen molar-refractivity contribution in [1.82, 2.24) is 19.4 Å². The first-order valence-electron chi connectivity index (χ1n) is 9.22. The normalized spacial score (nSPS) is 27.1. The lowest BCUT2D eigenvalue weighted by Gasteiger charge is -2.31. The van der Waals surface area contributed by atoms with Gasteiger partial charge in [0.15, 0.2) is 5.82 Å². The second-order valence-electron chi connectivity index (χ2n) is 7.32. The number of hydrogen-bond donors (Lipinski definition) is 0. The average molecular weight is 338 g/mol. The molecule has 0 saturated carbocycles. The Hall–Kier alpha value is -2.14.